The topological polar surface area (TPSA) is 63.6 Å². The van der Waals surface area contributed by atoms with Crippen LogP contribution in [0.25, 0.3) is 0 Å². The van der Waals surface area contributed by atoms with Gasteiger partial charge in [0, 0.05) is 13.3 Å². The van der Waals surface area contributed by atoms with Crippen molar-refractivity contribution in [1.29, 1.82) is 0 Å². The Morgan fingerprint density at radius 2 is 1.67 bits per heavy atom. The van der Waals surface area contributed by atoms with Crippen LogP contribution in [0.4, 0.5) is 0 Å². The minimum atomic E-state index is -0.773. The first-order valence-electron chi connectivity index (χ1n) is 9.25. The van der Waals surface area contributed by atoms with Crippen LogP contribution in [0.3, 0.4) is 0 Å². The van der Waals surface area contributed by atoms with Crippen LogP contribution in [0.2, 0.25) is 0 Å². The van der Waals surface area contributed by atoms with Crippen molar-refractivity contribution in [3.63, 3.8) is 0 Å². The second kappa shape index (κ2) is 16.3. The number of unbranched alkanes of at least 4 members (excludes halogenated alkanes) is 4. The summed E-state index contributed by atoms with van der Waals surface area (Å²) in [5.41, 5.74) is 0. The molecule has 1 unspecified atom stereocenters. The molecule has 0 rings (SSSR count). The Morgan fingerprint density at radius 1 is 0.958 bits per heavy atom. The molecule has 0 fully saturated rings. The Balaban J connectivity index is 3.85. The van der Waals surface area contributed by atoms with Gasteiger partial charge in [-0.25, -0.2) is 0 Å². The predicted octanol–water partition coefficient (Wildman–Crippen LogP) is 5.43. The number of rotatable bonds is 15. The van der Waals surface area contributed by atoms with Crippen molar-refractivity contribution in [1.82, 2.24) is 0 Å². The minimum absolute atomic E-state index is 0.106. The van der Waals surface area contributed by atoms with Gasteiger partial charge in [0.05, 0.1) is 0 Å². The Morgan fingerprint density at radius 3 is 2.29 bits per heavy atom. The van der Waals surface area contributed by atoms with E-state index in [9.17, 15) is 9.59 Å². The first kappa shape index (κ1) is 22.4. The van der Waals surface area contributed by atoms with Gasteiger partial charge in [0.2, 0.25) is 0 Å². The summed E-state index contributed by atoms with van der Waals surface area (Å²) >= 11 is 0. The van der Waals surface area contributed by atoms with Gasteiger partial charge in [-0.05, 0) is 51.4 Å². The second-order valence-electron chi connectivity index (χ2n) is 6.12. The molecule has 0 saturated heterocycles. The minimum Gasteiger partial charge on any atom is -0.481 e. The average molecular weight is 338 g/mol. The molecule has 1 N–H and O–H groups in total. The molecule has 0 radical (unpaired) electrons. The summed E-state index contributed by atoms with van der Waals surface area (Å²) in [4.78, 5) is 21.6. The highest BCUT2D eigenvalue weighted by atomic mass is 16.5. The molecule has 0 aliphatic rings. The van der Waals surface area contributed by atoms with Crippen molar-refractivity contribution in [3.8, 4) is 0 Å². The molecule has 1 atom stereocenters. The van der Waals surface area contributed by atoms with Crippen LogP contribution in [0.1, 0.15) is 84.5 Å². The Kier molecular flexibility index (Phi) is 15.2. The van der Waals surface area contributed by atoms with E-state index in [0.717, 1.165) is 38.5 Å². The lowest BCUT2D eigenvalue weighted by molar-refractivity contribution is -0.147. The summed E-state index contributed by atoms with van der Waals surface area (Å²) in [6.07, 6.45) is 18.5. The molecule has 0 aliphatic heterocycles. The Bertz CT molecular complexity index is 385. The van der Waals surface area contributed by atoms with E-state index >= 15 is 0 Å². The van der Waals surface area contributed by atoms with Crippen molar-refractivity contribution in [2.24, 2.45) is 0 Å². The second-order valence-corrected chi connectivity index (χ2v) is 6.12. The van der Waals surface area contributed by atoms with Gasteiger partial charge < -0.3 is 9.84 Å². The largest absolute Gasteiger partial charge is 0.481 e. The highest BCUT2D eigenvalue weighted by molar-refractivity contribution is 5.66. The fraction of sp³-hybridized carbons (Fsp3) is 0.700. The molecule has 0 aromatic rings. The van der Waals surface area contributed by atoms with Gasteiger partial charge >= 0.3 is 11.9 Å². The first-order chi connectivity index (χ1) is 11.6. The predicted molar refractivity (Wildman–Crippen MR) is 97.9 cm³/mol. The summed E-state index contributed by atoms with van der Waals surface area (Å²) in [7, 11) is 0. The number of aliphatic carboxylic acids is 1. The lowest BCUT2D eigenvalue weighted by atomic mass is 10.1. The van der Waals surface area contributed by atoms with Crippen molar-refractivity contribution in [3.05, 3.63) is 24.3 Å². The van der Waals surface area contributed by atoms with Crippen LogP contribution >= 0.6 is 0 Å². The third-order valence-corrected chi connectivity index (χ3v) is 3.73. The molecule has 4 heteroatoms. The Hall–Kier alpha value is -1.58. The van der Waals surface area contributed by atoms with Crippen LogP contribution in [0.5, 0.6) is 0 Å². The van der Waals surface area contributed by atoms with Crippen LogP contribution in [0.15, 0.2) is 24.3 Å². The number of carbonyl (C=O) groups is 2. The van der Waals surface area contributed by atoms with Crippen LogP contribution in [0, 0.1) is 0 Å². The van der Waals surface area contributed by atoms with E-state index in [4.69, 9.17) is 9.84 Å². The molecule has 24 heavy (non-hydrogen) atoms. The molecule has 138 valence electrons. The zero-order chi connectivity index (χ0) is 18.0. The third kappa shape index (κ3) is 16.8. The number of esters is 1. The van der Waals surface area contributed by atoms with Crippen molar-refractivity contribution < 1.29 is 19.4 Å². The number of hydrogen-bond acceptors (Lipinski definition) is 3. The average Bonchev–Trinajstić information content (AvgIpc) is 2.52. The SMILES string of the molecule is CCCCCC=CCC=CCCC(CCCCC(=O)O)OC(C)=O. The first-order valence-corrected chi connectivity index (χ1v) is 9.25. The lowest BCUT2D eigenvalue weighted by Crippen LogP contribution is -2.16. The number of carbonyl (C=O) groups excluding carboxylic acids is 1. The molecule has 4 nitrogen and oxygen atoms in total. The van der Waals surface area contributed by atoms with Gasteiger partial charge in [0.25, 0.3) is 0 Å². The number of carboxylic acid groups (broad SMARTS) is 1. The van der Waals surface area contributed by atoms with E-state index in [1.807, 2.05) is 0 Å². The molecular formula is C20H34O4. The number of ether oxygens (including phenoxy) is 1. The van der Waals surface area contributed by atoms with Crippen molar-refractivity contribution in [2.75, 3.05) is 0 Å². The van der Waals surface area contributed by atoms with Crippen LogP contribution in [-0.2, 0) is 14.3 Å². The van der Waals surface area contributed by atoms with E-state index in [1.165, 1.54) is 26.2 Å². The van der Waals surface area contributed by atoms with Crippen molar-refractivity contribution >= 4 is 11.9 Å². The smallest absolute Gasteiger partial charge is 0.303 e. The molecule has 0 saturated carbocycles. The normalized spacial score (nSPS) is 12.8. The zero-order valence-corrected chi connectivity index (χ0v) is 15.3. The fourth-order valence-corrected chi connectivity index (χ4v) is 2.45. The summed E-state index contributed by atoms with van der Waals surface area (Å²) in [5.74, 6) is -1.04. The Labute approximate surface area is 147 Å². The molecule has 0 aliphatic carbocycles. The van der Waals surface area contributed by atoms with Gasteiger partial charge in [0.15, 0.2) is 0 Å². The van der Waals surface area contributed by atoms with Crippen molar-refractivity contribution in [2.45, 2.75) is 90.6 Å². The maximum absolute atomic E-state index is 11.1. The fourth-order valence-electron chi connectivity index (χ4n) is 2.45. The standard InChI is InChI=1S/C20H34O4/c1-3-4-5-6-7-8-9-10-11-12-15-19(24-18(2)21)16-13-14-17-20(22)23/h7-8,10-11,19H,3-6,9,12-17H2,1-2H3,(H,22,23). The summed E-state index contributed by atoms with van der Waals surface area (Å²) in [6.45, 7) is 3.63. The highest BCUT2D eigenvalue weighted by Crippen LogP contribution is 2.13. The highest BCUT2D eigenvalue weighted by Gasteiger charge is 2.11. The van der Waals surface area contributed by atoms with Gasteiger partial charge in [-0.15, -0.1) is 0 Å². The molecule has 0 amide bonds. The van der Waals surface area contributed by atoms with E-state index in [0.29, 0.717) is 6.42 Å². The maximum atomic E-state index is 11.1. The number of allylic oxidation sites excluding steroid dienone is 4. The molecule has 0 heterocycles. The van der Waals surface area contributed by atoms with E-state index in [2.05, 4.69) is 31.2 Å². The van der Waals surface area contributed by atoms with E-state index in [1.54, 1.807) is 0 Å². The molecule has 0 spiro atoms. The molecule has 0 aromatic heterocycles. The third-order valence-electron chi connectivity index (χ3n) is 3.73. The lowest BCUT2D eigenvalue weighted by Gasteiger charge is -2.15. The molecule has 0 bridgehead atoms. The van der Waals surface area contributed by atoms with Gasteiger partial charge in [0.1, 0.15) is 6.10 Å². The van der Waals surface area contributed by atoms with E-state index in [-0.39, 0.29) is 18.5 Å². The molecule has 0 aromatic carbocycles. The monoisotopic (exact) mass is 338 g/mol. The molecular weight excluding hydrogens is 304 g/mol. The number of carboxylic acids is 1. The summed E-state index contributed by atoms with van der Waals surface area (Å²) in [5, 5.41) is 8.63. The van der Waals surface area contributed by atoms with Crippen LogP contribution < -0.4 is 0 Å². The summed E-state index contributed by atoms with van der Waals surface area (Å²) in [6, 6.07) is 0. The zero-order valence-electron chi connectivity index (χ0n) is 15.3. The number of hydrogen-bond donors (Lipinski definition) is 1. The van der Waals surface area contributed by atoms with Gasteiger partial charge in [-0.3, -0.25) is 9.59 Å². The van der Waals surface area contributed by atoms with Gasteiger partial charge in [-0.2, -0.15) is 0 Å². The summed E-state index contributed by atoms with van der Waals surface area (Å²) < 4.78 is 5.31. The van der Waals surface area contributed by atoms with Gasteiger partial charge in [-0.1, -0.05) is 44.1 Å². The van der Waals surface area contributed by atoms with Crippen LogP contribution in [-0.4, -0.2) is 23.1 Å². The van der Waals surface area contributed by atoms with E-state index < -0.39 is 5.97 Å². The maximum Gasteiger partial charge on any atom is 0.303 e. The quantitative estimate of drug-likeness (QED) is 0.246.